The van der Waals surface area contributed by atoms with Crippen LogP contribution in [-0.4, -0.2) is 10.3 Å². The summed E-state index contributed by atoms with van der Waals surface area (Å²) < 4.78 is 10.0. The number of nitrogen functional groups attached to an aromatic ring is 1. The number of anilines is 1. The van der Waals surface area contributed by atoms with Gasteiger partial charge in [-0.05, 0) is 18.2 Å². The molecule has 15 heavy (non-hydrogen) atoms. The Hall–Kier alpha value is -2.30. The maximum Gasteiger partial charge on any atom is 0.169 e. The van der Waals surface area contributed by atoms with Crippen LogP contribution in [0, 0.1) is 0 Å². The lowest BCUT2D eigenvalue weighted by atomic mass is 10.1. The highest BCUT2D eigenvalue weighted by Crippen LogP contribution is 2.25. The molecule has 0 bridgehead atoms. The molecule has 0 saturated heterocycles. The molecule has 0 unspecified atom stereocenters. The second-order valence-electron chi connectivity index (χ2n) is 3.19. The molecule has 74 valence electrons. The van der Waals surface area contributed by atoms with Gasteiger partial charge in [0.05, 0.1) is 6.20 Å². The zero-order chi connectivity index (χ0) is 10.3. The molecule has 0 atom stereocenters. The van der Waals surface area contributed by atoms with E-state index in [-0.39, 0.29) is 0 Å². The van der Waals surface area contributed by atoms with Gasteiger partial charge in [0.15, 0.2) is 17.2 Å². The molecule has 5 nitrogen and oxygen atoms in total. The Bertz CT molecular complexity index is 612. The molecule has 0 aliphatic heterocycles. The van der Waals surface area contributed by atoms with Crippen molar-refractivity contribution in [3.8, 4) is 11.3 Å². The molecule has 0 radical (unpaired) electrons. The van der Waals surface area contributed by atoms with Gasteiger partial charge in [-0.3, -0.25) is 0 Å². The van der Waals surface area contributed by atoms with Crippen LogP contribution in [0.15, 0.2) is 39.5 Å². The monoisotopic (exact) mass is 201 g/mol. The molecule has 2 heterocycles. The summed E-state index contributed by atoms with van der Waals surface area (Å²) in [5.74, 6) is 1.01. The van der Waals surface area contributed by atoms with Gasteiger partial charge < -0.3 is 14.8 Å². The van der Waals surface area contributed by atoms with E-state index >= 15 is 0 Å². The Morgan fingerprint density at radius 1 is 1.13 bits per heavy atom. The third kappa shape index (κ3) is 1.25. The van der Waals surface area contributed by atoms with Crippen molar-refractivity contribution < 1.29 is 9.05 Å². The van der Waals surface area contributed by atoms with E-state index in [2.05, 4.69) is 10.3 Å². The summed E-state index contributed by atoms with van der Waals surface area (Å²) in [6, 6.07) is 7.28. The molecular formula is C10H7N3O2. The minimum absolute atomic E-state index is 0.371. The second-order valence-corrected chi connectivity index (χ2v) is 3.19. The van der Waals surface area contributed by atoms with Gasteiger partial charge in [-0.15, -0.1) is 0 Å². The van der Waals surface area contributed by atoms with Crippen LogP contribution in [-0.2, 0) is 0 Å². The Morgan fingerprint density at radius 3 is 2.87 bits per heavy atom. The quantitative estimate of drug-likeness (QED) is 0.651. The fraction of sp³-hybridized carbons (Fsp3) is 0. The Morgan fingerprint density at radius 2 is 2.07 bits per heavy atom. The van der Waals surface area contributed by atoms with Crippen LogP contribution in [0.3, 0.4) is 0 Å². The molecule has 0 aliphatic rings. The molecule has 2 N–H and O–H groups in total. The molecule has 0 spiro atoms. The van der Waals surface area contributed by atoms with Gasteiger partial charge in [0, 0.05) is 17.0 Å². The SMILES string of the molecule is Nc1cc(-c2ccc3oncc3c2)on1. The van der Waals surface area contributed by atoms with E-state index in [1.165, 1.54) is 0 Å². The lowest BCUT2D eigenvalue weighted by Gasteiger charge is -1.93. The van der Waals surface area contributed by atoms with Crippen molar-refractivity contribution in [2.45, 2.75) is 0 Å². The third-order valence-corrected chi connectivity index (χ3v) is 2.17. The van der Waals surface area contributed by atoms with Crippen molar-refractivity contribution >= 4 is 16.8 Å². The van der Waals surface area contributed by atoms with Crippen LogP contribution < -0.4 is 5.73 Å². The average molecular weight is 201 g/mol. The number of hydrogen-bond acceptors (Lipinski definition) is 5. The molecule has 0 saturated carbocycles. The maximum atomic E-state index is 5.47. The van der Waals surface area contributed by atoms with E-state index in [4.69, 9.17) is 14.8 Å². The average Bonchev–Trinajstić information content (AvgIpc) is 2.84. The Labute approximate surface area is 84.4 Å². The van der Waals surface area contributed by atoms with Gasteiger partial charge in [-0.25, -0.2) is 0 Å². The second kappa shape index (κ2) is 2.84. The largest absolute Gasteiger partial charge is 0.381 e. The van der Waals surface area contributed by atoms with Crippen molar-refractivity contribution in [3.05, 3.63) is 30.5 Å². The molecule has 5 heteroatoms. The first kappa shape index (κ1) is 8.05. The number of nitrogens with zero attached hydrogens (tertiary/aromatic N) is 2. The van der Waals surface area contributed by atoms with Gasteiger partial charge in [0.25, 0.3) is 0 Å². The highest BCUT2D eigenvalue weighted by Gasteiger charge is 2.06. The van der Waals surface area contributed by atoms with Crippen molar-refractivity contribution in [3.63, 3.8) is 0 Å². The minimum Gasteiger partial charge on any atom is -0.381 e. The third-order valence-electron chi connectivity index (χ3n) is 2.17. The maximum absolute atomic E-state index is 5.47. The molecular weight excluding hydrogens is 194 g/mol. The topological polar surface area (TPSA) is 78.1 Å². The van der Waals surface area contributed by atoms with Gasteiger partial charge in [0.2, 0.25) is 0 Å². The van der Waals surface area contributed by atoms with Gasteiger partial charge in [-0.2, -0.15) is 0 Å². The summed E-state index contributed by atoms with van der Waals surface area (Å²) in [4.78, 5) is 0. The smallest absolute Gasteiger partial charge is 0.169 e. The van der Waals surface area contributed by atoms with Crippen LogP contribution in [0.25, 0.3) is 22.3 Å². The Kier molecular flexibility index (Phi) is 1.53. The van der Waals surface area contributed by atoms with Crippen molar-refractivity contribution in [1.29, 1.82) is 0 Å². The number of benzene rings is 1. The fourth-order valence-electron chi connectivity index (χ4n) is 1.45. The lowest BCUT2D eigenvalue weighted by molar-refractivity contribution is 0.436. The zero-order valence-corrected chi connectivity index (χ0v) is 7.68. The summed E-state index contributed by atoms with van der Waals surface area (Å²) in [5.41, 5.74) is 7.11. The van der Waals surface area contributed by atoms with Crippen LogP contribution in [0.2, 0.25) is 0 Å². The highest BCUT2D eigenvalue weighted by molar-refractivity contribution is 5.81. The number of rotatable bonds is 1. The fourth-order valence-corrected chi connectivity index (χ4v) is 1.45. The summed E-state index contributed by atoms with van der Waals surface area (Å²) >= 11 is 0. The molecule has 0 fully saturated rings. The lowest BCUT2D eigenvalue weighted by Crippen LogP contribution is -1.79. The predicted molar refractivity (Wildman–Crippen MR) is 53.9 cm³/mol. The number of nitrogens with two attached hydrogens (primary N) is 1. The highest BCUT2D eigenvalue weighted by atomic mass is 16.5. The van der Waals surface area contributed by atoms with Crippen molar-refractivity contribution in [1.82, 2.24) is 10.3 Å². The first-order valence-electron chi connectivity index (χ1n) is 4.40. The van der Waals surface area contributed by atoms with Crippen molar-refractivity contribution in [2.24, 2.45) is 0 Å². The molecule has 0 amide bonds. The first-order chi connectivity index (χ1) is 7.33. The van der Waals surface area contributed by atoms with Crippen molar-refractivity contribution in [2.75, 3.05) is 5.73 Å². The number of fused-ring (bicyclic) bond motifs is 1. The van der Waals surface area contributed by atoms with Gasteiger partial charge in [-0.1, -0.05) is 10.3 Å². The van der Waals surface area contributed by atoms with Crippen LogP contribution in [0.1, 0.15) is 0 Å². The van der Waals surface area contributed by atoms with E-state index in [0.29, 0.717) is 11.6 Å². The van der Waals surface area contributed by atoms with Crippen LogP contribution >= 0.6 is 0 Å². The summed E-state index contributed by atoms with van der Waals surface area (Å²) in [5, 5.41) is 8.24. The first-order valence-corrected chi connectivity index (χ1v) is 4.40. The Balaban J connectivity index is 2.18. The normalized spacial score (nSPS) is 10.9. The minimum atomic E-state index is 0.371. The standard InChI is InChI=1S/C10H7N3O2/c11-10-4-9(15-13-10)6-1-2-8-7(3-6)5-12-14-8/h1-5H,(H2,11,13). The zero-order valence-electron chi connectivity index (χ0n) is 7.68. The molecule has 3 aromatic rings. The summed E-state index contributed by atoms with van der Waals surface area (Å²) in [6.07, 6.45) is 1.65. The van der Waals surface area contributed by atoms with Gasteiger partial charge >= 0.3 is 0 Å². The molecule has 2 aromatic heterocycles. The molecule has 0 aliphatic carbocycles. The number of aromatic nitrogens is 2. The van der Waals surface area contributed by atoms with E-state index in [1.54, 1.807) is 12.3 Å². The molecule has 1 aromatic carbocycles. The summed E-state index contributed by atoms with van der Waals surface area (Å²) in [6.45, 7) is 0. The van der Waals surface area contributed by atoms with E-state index in [0.717, 1.165) is 16.5 Å². The van der Waals surface area contributed by atoms with E-state index in [9.17, 15) is 0 Å². The van der Waals surface area contributed by atoms with Crippen LogP contribution in [0.4, 0.5) is 5.82 Å². The van der Waals surface area contributed by atoms with Gasteiger partial charge in [0.1, 0.15) is 0 Å². The molecule has 3 rings (SSSR count). The summed E-state index contributed by atoms with van der Waals surface area (Å²) in [7, 11) is 0. The van der Waals surface area contributed by atoms with Crippen LogP contribution in [0.5, 0.6) is 0 Å². The predicted octanol–water partition coefficient (Wildman–Crippen LogP) is 2.06. The van der Waals surface area contributed by atoms with E-state index in [1.807, 2.05) is 18.2 Å². The number of hydrogen-bond donors (Lipinski definition) is 1. The van der Waals surface area contributed by atoms with E-state index < -0.39 is 0 Å².